The van der Waals surface area contributed by atoms with Gasteiger partial charge in [-0.25, -0.2) is 0 Å². The van der Waals surface area contributed by atoms with Gasteiger partial charge in [-0.05, 0) is 43.3 Å². The van der Waals surface area contributed by atoms with E-state index in [4.69, 9.17) is 14.7 Å². The maximum Gasteiger partial charge on any atom is 0.330 e. The molecule has 8 nitrogen and oxygen atoms in total. The zero-order chi connectivity index (χ0) is 19.1. The van der Waals surface area contributed by atoms with E-state index in [0.29, 0.717) is 17.0 Å². The summed E-state index contributed by atoms with van der Waals surface area (Å²) in [5.41, 5.74) is 1.21. The van der Waals surface area contributed by atoms with Gasteiger partial charge < -0.3 is 14.8 Å². The summed E-state index contributed by atoms with van der Waals surface area (Å²) >= 11 is 0. The lowest BCUT2D eigenvalue weighted by atomic mass is 10.2. The molecule has 27 heavy (non-hydrogen) atoms. The van der Waals surface area contributed by atoms with Crippen LogP contribution in [0.15, 0.2) is 54.6 Å². The molecule has 0 spiro atoms. The topological polar surface area (TPSA) is 110 Å². The smallest absolute Gasteiger partial charge is 0.330 e. The normalized spacial score (nSPS) is 9.93. The minimum atomic E-state index is -0.164. The summed E-state index contributed by atoms with van der Waals surface area (Å²) in [6, 6.07) is 17.8. The second-order valence-electron chi connectivity index (χ2n) is 5.44. The Morgan fingerprint density at radius 1 is 1.04 bits per heavy atom. The number of rotatable bonds is 7. The lowest BCUT2D eigenvalue weighted by molar-refractivity contribution is -0.119. The first kappa shape index (κ1) is 17.8. The molecule has 134 valence electrons. The first-order valence-electron chi connectivity index (χ1n) is 8.01. The molecule has 0 bridgehead atoms. The molecule has 0 aliphatic carbocycles. The van der Waals surface area contributed by atoms with Crippen LogP contribution in [0.3, 0.4) is 0 Å². The Labute approximate surface area is 155 Å². The number of anilines is 2. The minimum Gasteiger partial charge on any atom is -0.455 e. The Bertz CT molecular complexity index is 969. The van der Waals surface area contributed by atoms with Crippen LogP contribution in [0.4, 0.5) is 11.6 Å². The quantitative estimate of drug-likeness (QED) is 0.683. The number of aromatic nitrogens is 3. The number of nitrogens with zero attached hydrogens (tertiary/aromatic N) is 4. The van der Waals surface area contributed by atoms with Gasteiger partial charge in [0.2, 0.25) is 5.95 Å². The van der Waals surface area contributed by atoms with Crippen LogP contribution in [0, 0.1) is 11.3 Å². The summed E-state index contributed by atoms with van der Waals surface area (Å²) in [6.07, 6.45) is 0. The molecule has 0 aliphatic rings. The summed E-state index contributed by atoms with van der Waals surface area (Å²) in [5.74, 6) is 0.562. The average Bonchev–Trinajstić information content (AvgIpc) is 2.68. The fourth-order valence-electron chi connectivity index (χ4n) is 2.02. The number of Topliss-reactive ketones (excluding diaryl/α,β-unsaturated/α-hetero) is 1. The predicted octanol–water partition coefficient (Wildman–Crippen LogP) is 3.25. The summed E-state index contributed by atoms with van der Waals surface area (Å²) in [6.45, 7) is 1.24. The Morgan fingerprint density at radius 3 is 2.41 bits per heavy atom. The van der Waals surface area contributed by atoms with Gasteiger partial charge in [-0.2, -0.15) is 15.2 Å². The van der Waals surface area contributed by atoms with Crippen molar-refractivity contribution in [2.45, 2.75) is 6.92 Å². The van der Waals surface area contributed by atoms with E-state index in [0.717, 1.165) is 0 Å². The van der Waals surface area contributed by atoms with Gasteiger partial charge >= 0.3 is 12.0 Å². The number of carbonyl (C=O) groups is 1. The molecular formula is C19H15N5O3. The van der Waals surface area contributed by atoms with E-state index in [1.54, 1.807) is 36.4 Å². The summed E-state index contributed by atoms with van der Waals surface area (Å²) in [7, 11) is 0. The van der Waals surface area contributed by atoms with Gasteiger partial charge in [0.25, 0.3) is 0 Å². The second-order valence-corrected chi connectivity index (χ2v) is 5.44. The Hall–Kier alpha value is -3.99. The van der Waals surface area contributed by atoms with E-state index < -0.39 is 0 Å². The molecule has 0 radical (unpaired) electrons. The number of nitrogens with one attached hydrogen (secondary N) is 1. The lowest BCUT2D eigenvalue weighted by Crippen LogP contribution is -2.11. The van der Waals surface area contributed by atoms with Crippen LogP contribution in [0.5, 0.6) is 17.8 Å². The van der Waals surface area contributed by atoms with Crippen molar-refractivity contribution in [3.05, 3.63) is 60.2 Å². The molecule has 3 aromatic rings. The van der Waals surface area contributed by atoms with Gasteiger partial charge in [0.05, 0.1) is 11.6 Å². The van der Waals surface area contributed by atoms with E-state index >= 15 is 0 Å². The lowest BCUT2D eigenvalue weighted by Gasteiger charge is -2.10. The molecule has 1 heterocycles. The van der Waals surface area contributed by atoms with Crippen LogP contribution in [0.25, 0.3) is 0 Å². The molecule has 0 saturated heterocycles. The number of carbonyl (C=O) groups excluding carboxylic acids is 1. The van der Waals surface area contributed by atoms with Gasteiger partial charge in [0.15, 0.2) is 5.78 Å². The number of benzene rings is 2. The summed E-state index contributed by atoms with van der Waals surface area (Å²) < 4.78 is 10.9. The van der Waals surface area contributed by atoms with Gasteiger partial charge in [-0.1, -0.05) is 18.2 Å². The molecule has 0 amide bonds. The van der Waals surface area contributed by atoms with E-state index in [2.05, 4.69) is 20.3 Å². The molecule has 0 unspecified atom stereocenters. The SMILES string of the molecule is CC(=O)COc1nc(Nc2ccc(C#N)cc2)nc(Oc2ccccc2)n1. The van der Waals surface area contributed by atoms with Crippen molar-refractivity contribution in [2.24, 2.45) is 0 Å². The molecule has 2 aromatic carbocycles. The van der Waals surface area contributed by atoms with E-state index in [1.807, 2.05) is 24.3 Å². The van der Waals surface area contributed by atoms with Crippen LogP contribution < -0.4 is 14.8 Å². The fraction of sp³-hybridized carbons (Fsp3) is 0.105. The van der Waals surface area contributed by atoms with Gasteiger partial charge in [-0.3, -0.25) is 4.79 Å². The number of ether oxygens (including phenoxy) is 2. The van der Waals surface area contributed by atoms with E-state index in [1.165, 1.54) is 6.92 Å². The Kier molecular flexibility index (Phi) is 5.54. The maximum atomic E-state index is 11.2. The van der Waals surface area contributed by atoms with Gasteiger partial charge in [-0.15, -0.1) is 4.98 Å². The standard InChI is InChI=1S/C19H15N5O3/c1-13(25)12-26-18-22-17(21-15-9-7-14(11-20)8-10-15)23-19(24-18)27-16-5-3-2-4-6-16/h2-10H,12H2,1H3,(H,21,22,23,24). The zero-order valence-electron chi connectivity index (χ0n) is 14.4. The number of nitriles is 1. The highest BCUT2D eigenvalue weighted by molar-refractivity contribution is 5.76. The summed E-state index contributed by atoms with van der Waals surface area (Å²) in [5, 5.41) is 11.9. The third-order valence-electron chi connectivity index (χ3n) is 3.22. The van der Waals surface area contributed by atoms with E-state index in [-0.39, 0.29) is 30.4 Å². The molecule has 0 aliphatic heterocycles. The molecule has 1 aromatic heterocycles. The largest absolute Gasteiger partial charge is 0.455 e. The van der Waals surface area contributed by atoms with Gasteiger partial charge in [0.1, 0.15) is 12.4 Å². The molecule has 3 rings (SSSR count). The first-order valence-corrected chi connectivity index (χ1v) is 8.01. The van der Waals surface area contributed by atoms with Crippen molar-refractivity contribution in [1.29, 1.82) is 5.26 Å². The fourth-order valence-corrected chi connectivity index (χ4v) is 2.02. The van der Waals surface area contributed by atoms with E-state index in [9.17, 15) is 4.79 Å². The van der Waals surface area contributed by atoms with Crippen molar-refractivity contribution in [3.8, 4) is 23.8 Å². The van der Waals surface area contributed by atoms with Crippen molar-refractivity contribution < 1.29 is 14.3 Å². The number of hydrogen-bond donors (Lipinski definition) is 1. The molecule has 1 N–H and O–H groups in total. The third kappa shape index (κ3) is 5.24. The number of hydrogen-bond acceptors (Lipinski definition) is 8. The van der Waals surface area contributed by atoms with Crippen molar-refractivity contribution in [2.75, 3.05) is 11.9 Å². The predicted molar refractivity (Wildman–Crippen MR) is 97.0 cm³/mol. The van der Waals surface area contributed by atoms with Crippen LogP contribution in [0.1, 0.15) is 12.5 Å². The monoisotopic (exact) mass is 361 g/mol. The highest BCUT2D eigenvalue weighted by Gasteiger charge is 2.11. The maximum absolute atomic E-state index is 11.2. The second kappa shape index (κ2) is 8.40. The molecule has 8 heteroatoms. The molecule has 0 saturated carbocycles. The average molecular weight is 361 g/mol. The van der Waals surface area contributed by atoms with Crippen LogP contribution in [0.2, 0.25) is 0 Å². The summed E-state index contributed by atoms with van der Waals surface area (Å²) in [4.78, 5) is 23.6. The van der Waals surface area contributed by atoms with Crippen LogP contribution >= 0.6 is 0 Å². The van der Waals surface area contributed by atoms with Crippen LogP contribution in [-0.2, 0) is 4.79 Å². The van der Waals surface area contributed by atoms with Gasteiger partial charge in [0, 0.05) is 5.69 Å². The third-order valence-corrected chi connectivity index (χ3v) is 3.22. The molecular weight excluding hydrogens is 346 g/mol. The Morgan fingerprint density at radius 2 is 1.74 bits per heavy atom. The number of para-hydroxylation sites is 1. The highest BCUT2D eigenvalue weighted by atomic mass is 16.5. The highest BCUT2D eigenvalue weighted by Crippen LogP contribution is 2.22. The van der Waals surface area contributed by atoms with Crippen molar-refractivity contribution >= 4 is 17.4 Å². The van der Waals surface area contributed by atoms with Crippen molar-refractivity contribution in [1.82, 2.24) is 15.0 Å². The first-order chi connectivity index (χ1) is 13.1. The zero-order valence-corrected chi connectivity index (χ0v) is 14.4. The minimum absolute atomic E-state index is 0.0193. The molecule has 0 atom stereocenters. The Balaban J connectivity index is 1.86. The number of ketones is 1. The van der Waals surface area contributed by atoms with Crippen molar-refractivity contribution in [3.63, 3.8) is 0 Å². The van der Waals surface area contributed by atoms with Crippen LogP contribution in [-0.4, -0.2) is 27.3 Å². The molecule has 0 fully saturated rings.